The summed E-state index contributed by atoms with van der Waals surface area (Å²) in [5.41, 5.74) is 0. The maximum atomic E-state index is 5.20. The van der Waals surface area contributed by atoms with Crippen LogP contribution >= 0.6 is 12.4 Å². The standard InChI is InChI=1S/3C2H5O.ClH.Cr/c3*1-2-3;;/h3*2H2,1H3;1H;/q3*-1;;+3. The second kappa shape index (κ2) is 10.7. The van der Waals surface area contributed by atoms with E-state index in [0.29, 0.717) is 19.8 Å². The number of hydrogen-bond acceptors (Lipinski definition) is 3. The second-order valence-electron chi connectivity index (χ2n) is 1.42. The van der Waals surface area contributed by atoms with E-state index in [0.717, 1.165) is 0 Å². The summed E-state index contributed by atoms with van der Waals surface area (Å²) < 4.78 is 15.6. The molecule has 0 bridgehead atoms. The molecule has 0 aliphatic rings. The van der Waals surface area contributed by atoms with Crippen LogP contribution in [0.25, 0.3) is 0 Å². The smallest absolute Gasteiger partial charge is 0.147 e. The van der Waals surface area contributed by atoms with Gasteiger partial charge in [0.25, 0.3) is 0 Å². The quantitative estimate of drug-likeness (QED) is 0.688. The third kappa shape index (κ3) is 8.61. The number of hydrogen-bond donors (Lipinski definition) is 0. The summed E-state index contributed by atoms with van der Waals surface area (Å²) >= 11 is -1.61. The van der Waals surface area contributed by atoms with Crippen molar-refractivity contribution in [2.24, 2.45) is 0 Å². The first-order valence-electron chi connectivity index (χ1n) is 3.49. The Morgan fingerprint density at radius 1 is 0.818 bits per heavy atom. The van der Waals surface area contributed by atoms with E-state index in [9.17, 15) is 0 Å². The van der Waals surface area contributed by atoms with E-state index < -0.39 is 15.1 Å². The summed E-state index contributed by atoms with van der Waals surface area (Å²) in [6.45, 7) is 7.83. The van der Waals surface area contributed by atoms with Gasteiger partial charge >= 0.3 is 67.1 Å². The second-order valence-corrected chi connectivity index (χ2v) is 3.17. The summed E-state index contributed by atoms with van der Waals surface area (Å²) in [6.07, 6.45) is 0. The number of halogens is 1. The monoisotopic (exact) mass is 223 g/mol. The van der Waals surface area contributed by atoms with Crippen LogP contribution in [0.1, 0.15) is 20.8 Å². The van der Waals surface area contributed by atoms with E-state index in [-0.39, 0.29) is 12.4 Å². The largest absolute Gasteiger partial charge is 0.147 e. The van der Waals surface area contributed by atoms with E-state index in [4.69, 9.17) is 11.4 Å². The van der Waals surface area contributed by atoms with Crippen LogP contribution in [0, 0.1) is 0 Å². The van der Waals surface area contributed by atoms with Crippen LogP contribution in [0.5, 0.6) is 0 Å². The Hall–Kier alpha value is 0.702. The minimum atomic E-state index is -1.61. The molecule has 3 nitrogen and oxygen atoms in total. The van der Waals surface area contributed by atoms with Crippen molar-refractivity contribution in [2.75, 3.05) is 19.8 Å². The molecule has 11 heavy (non-hydrogen) atoms. The van der Waals surface area contributed by atoms with Crippen molar-refractivity contribution in [3.05, 3.63) is 0 Å². The number of rotatable bonds is 6. The Morgan fingerprint density at radius 2 is 1.09 bits per heavy atom. The molecular weight excluding hydrogens is 208 g/mol. The molecule has 0 rings (SSSR count). The molecule has 0 fully saturated rings. The molecule has 0 aromatic carbocycles. The third-order valence-electron chi connectivity index (χ3n) is 0.642. The van der Waals surface area contributed by atoms with Gasteiger partial charge in [0.2, 0.25) is 0 Å². The van der Waals surface area contributed by atoms with Crippen LogP contribution in [0.15, 0.2) is 0 Å². The molecule has 0 spiro atoms. The van der Waals surface area contributed by atoms with Crippen LogP contribution in [0.4, 0.5) is 0 Å². The van der Waals surface area contributed by atoms with E-state index in [1.165, 1.54) is 0 Å². The van der Waals surface area contributed by atoms with Gasteiger partial charge in [-0.2, -0.15) is 0 Å². The molecule has 0 aliphatic heterocycles. The van der Waals surface area contributed by atoms with Crippen molar-refractivity contribution in [1.29, 1.82) is 0 Å². The van der Waals surface area contributed by atoms with E-state index in [1.54, 1.807) is 0 Å². The molecule has 0 heterocycles. The van der Waals surface area contributed by atoms with Crippen molar-refractivity contribution in [3.63, 3.8) is 0 Å². The molecule has 0 aliphatic carbocycles. The minimum Gasteiger partial charge on any atom is -0.147 e. The van der Waals surface area contributed by atoms with Gasteiger partial charge in [-0.15, -0.1) is 12.4 Å². The zero-order valence-electron chi connectivity index (χ0n) is 7.16. The Balaban J connectivity index is 0. The molecule has 0 N–H and O–H groups in total. The average molecular weight is 224 g/mol. The maximum absolute atomic E-state index is 5.20. The molecular formula is C6H16ClCrO3. The van der Waals surface area contributed by atoms with Crippen molar-refractivity contribution in [3.8, 4) is 0 Å². The first-order valence-corrected chi connectivity index (χ1v) is 5.05. The summed E-state index contributed by atoms with van der Waals surface area (Å²) in [4.78, 5) is 0. The van der Waals surface area contributed by atoms with Gasteiger partial charge in [0.05, 0.1) is 0 Å². The first kappa shape index (κ1) is 14.2. The summed E-state index contributed by atoms with van der Waals surface area (Å²) in [6, 6.07) is 0. The van der Waals surface area contributed by atoms with Crippen LogP contribution in [0.3, 0.4) is 0 Å². The van der Waals surface area contributed by atoms with Crippen LogP contribution in [0.2, 0.25) is 0 Å². The SMILES string of the molecule is CC[O][Cr]([O]CC)[O]CC.Cl. The zero-order valence-corrected chi connectivity index (χ0v) is 9.25. The Bertz CT molecular complexity index is 60.6. The molecule has 0 aromatic rings. The van der Waals surface area contributed by atoms with Gasteiger partial charge in [-0.3, -0.25) is 0 Å². The Labute approximate surface area is 79.8 Å². The van der Waals surface area contributed by atoms with Gasteiger partial charge in [-0.25, -0.2) is 0 Å². The van der Waals surface area contributed by atoms with Crippen molar-refractivity contribution in [1.82, 2.24) is 0 Å². The first-order chi connectivity index (χ1) is 4.85. The average Bonchev–Trinajstić information content (AvgIpc) is 1.90. The maximum Gasteiger partial charge on any atom is -0.147 e. The molecule has 0 saturated heterocycles. The van der Waals surface area contributed by atoms with Gasteiger partial charge in [0.15, 0.2) is 0 Å². The molecule has 0 radical (unpaired) electrons. The molecule has 0 unspecified atom stereocenters. The van der Waals surface area contributed by atoms with Gasteiger partial charge in [0, 0.05) is 0 Å². The van der Waals surface area contributed by atoms with Crippen LogP contribution < -0.4 is 0 Å². The fourth-order valence-corrected chi connectivity index (χ4v) is 1.61. The van der Waals surface area contributed by atoms with Crippen LogP contribution in [-0.4, -0.2) is 19.8 Å². The summed E-state index contributed by atoms with van der Waals surface area (Å²) in [5, 5.41) is 0. The Morgan fingerprint density at radius 3 is 1.27 bits per heavy atom. The molecule has 0 saturated carbocycles. The molecule has 0 atom stereocenters. The van der Waals surface area contributed by atoms with Gasteiger partial charge < -0.3 is 0 Å². The fourth-order valence-electron chi connectivity index (χ4n) is 0.391. The van der Waals surface area contributed by atoms with E-state index in [2.05, 4.69) is 0 Å². The van der Waals surface area contributed by atoms with Gasteiger partial charge in [-0.05, 0) is 0 Å². The topological polar surface area (TPSA) is 27.7 Å². The molecule has 71 valence electrons. The van der Waals surface area contributed by atoms with Gasteiger partial charge in [-0.1, -0.05) is 0 Å². The summed E-state index contributed by atoms with van der Waals surface area (Å²) in [5.74, 6) is 0. The summed E-state index contributed by atoms with van der Waals surface area (Å²) in [7, 11) is 0. The normalized spacial score (nSPS) is 9.82. The Kier molecular flexibility index (Phi) is 13.9. The molecule has 0 amide bonds. The van der Waals surface area contributed by atoms with E-state index >= 15 is 0 Å². The van der Waals surface area contributed by atoms with Crippen molar-refractivity contribution >= 4 is 12.4 Å². The molecule has 0 aromatic heterocycles. The predicted octanol–water partition coefficient (Wildman–Crippen LogP) is 1.88. The van der Waals surface area contributed by atoms with E-state index in [1.807, 2.05) is 20.8 Å². The minimum absolute atomic E-state index is 0. The van der Waals surface area contributed by atoms with Gasteiger partial charge in [0.1, 0.15) is 0 Å². The molecule has 5 heteroatoms. The van der Waals surface area contributed by atoms with Crippen molar-refractivity contribution in [2.45, 2.75) is 20.8 Å². The predicted molar refractivity (Wildman–Crippen MR) is 42.1 cm³/mol. The fraction of sp³-hybridized carbons (Fsp3) is 1.00. The van der Waals surface area contributed by atoms with Crippen LogP contribution in [-0.2, 0) is 26.5 Å². The zero-order chi connectivity index (χ0) is 7.82. The van der Waals surface area contributed by atoms with Crippen molar-refractivity contribution < 1.29 is 26.5 Å². The third-order valence-corrected chi connectivity index (χ3v) is 2.65.